The molecule has 0 aliphatic carbocycles. The van der Waals surface area contributed by atoms with Gasteiger partial charge in [-0.3, -0.25) is 9.59 Å². The second kappa shape index (κ2) is 4.23. The van der Waals surface area contributed by atoms with Crippen molar-refractivity contribution in [3.05, 3.63) is 0 Å². The highest BCUT2D eigenvalue weighted by Crippen LogP contribution is 2.19. The van der Waals surface area contributed by atoms with Crippen LogP contribution < -0.4 is 5.32 Å². The molecule has 1 fully saturated rings. The van der Waals surface area contributed by atoms with Gasteiger partial charge in [0, 0.05) is 6.42 Å². The van der Waals surface area contributed by atoms with Gasteiger partial charge in [0.25, 0.3) is 0 Å². The maximum Gasteiger partial charge on any atom is 0.320 e. The van der Waals surface area contributed by atoms with E-state index < -0.39 is 18.0 Å². The molecule has 2 atom stereocenters. The van der Waals surface area contributed by atoms with Gasteiger partial charge in [-0.05, 0) is 25.3 Å². The van der Waals surface area contributed by atoms with Crippen molar-refractivity contribution in [1.82, 2.24) is 5.32 Å². The number of carboxylic acid groups (broad SMARTS) is 2. The number of nitrogens with one attached hydrogen (secondary N) is 1. The van der Waals surface area contributed by atoms with Crippen molar-refractivity contribution >= 4 is 11.9 Å². The third-order valence-electron chi connectivity index (χ3n) is 2.29. The number of rotatable bonds is 4. The van der Waals surface area contributed by atoms with E-state index in [9.17, 15) is 9.59 Å². The van der Waals surface area contributed by atoms with Crippen LogP contribution in [0.5, 0.6) is 0 Å². The Kier molecular flexibility index (Phi) is 3.25. The smallest absolute Gasteiger partial charge is 0.320 e. The minimum Gasteiger partial charge on any atom is -0.481 e. The Morgan fingerprint density at radius 1 is 1.38 bits per heavy atom. The Morgan fingerprint density at radius 2 is 2.08 bits per heavy atom. The normalized spacial score (nSPS) is 27.4. The topological polar surface area (TPSA) is 86.6 Å². The summed E-state index contributed by atoms with van der Waals surface area (Å²) in [5.41, 5.74) is 0. The Bertz CT molecular complexity index is 216. The van der Waals surface area contributed by atoms with E-state index >= 15 is 0 Å². The lowest BCUT2D eigenvalue weighted by Gasteiger charge is -2.04. The van der Waals surface area contributed by atoms with Crippen molar-refractivity contribution in [2.24, 2.45) is 5.92 Å². The average molecular weight is 187 g/mol. The van der Waals surface area contributed by atoms with Crippen LogP contribution in [-0.2, 0) is 9.59 Å². The molecule has 1 rings (SSSR count). The molecule has 0 radical (unpaired) electrons. The molecule has 1 heterocycles. The molecule has 5 heteroatoms. The standard InChI is InChI=1S/C8H13NO4/c10-7(11)2-1-5-3-6(8(12)13)9-4-5/h5-6,9H,1-4H2,(H,10,11)(H,12,13)/t5-,6-/m1/s1. The fraction of sp³-hybridized carbons (Fsp3) is 0.750. The molecule has 1 saturated heterocycles. The monoisotopic (exact) mass is 187 g/mol. The van der Waals surface area contributed by atoms with E-state index in [4.69, 9.17) is 10.2 Å². The summed E-state index contributed by atoms with van der Waals surface area (Å²) in [4.78, 5) is 20.7. The predicted octanol–water partition coefficient (Wildman–Crippen LogP) is -0.0861. The fourth-order valence-corrected chi connectivity index (χ4v) is 1.54. The first-order chi connectivity index (χ1) is 6.09. The molecule has 0 saturated carbocycles. The van der Waals surface area contributed by atoms with Gasteiger partial charge in [-0.25, -0.2) is 0 Å². The molecule has 0 aromatic carbocycles. The summed E-state index contributed by atoms with van der Waals surface area (Å²) in [5.74, 6) is -1.48. The first-order valence-electron chi connectivity index (χ1n) is 4.27. The summed E-state index contributed by atoms with van der Waals surface area (Å²) in [6.45, 7) is 0.615. The summed E-state index contributed by atoms with van der Waals surface area (Å²) in [5, 5.41) is 19.9. The third-order valence-corrected chi connectivity index (χ3v) is 2.29. The molecule has 5 nitrogen and oxygen atoms in total. The Balaban J connectivity index is 2.25. The van der Waals surface area contributed by atoms with Gasteiger partial charge in [0.15, 0.2) is 0 Å². The summed E-state index contributed by atoms with van der Waals surface area (Å²) < 4.78 is 0. The molecular formula is C8H13NO4. The fourth-order valence-electron chi connectivity index (χ4n) is 1.54. The summed E-state index contributed by atoms with van der Waals surface area (Å²) in [7, 11) is 0. The quantitative estimate of drug-likeness (QED) is 0.572. The van der Waals surface area contributed by atoms with Gasteiger partial charge in [-0.1, -0.05) is 0 Å². The molecule has 74 valence electrons. The van der Waals surface area contributed by atoms with E-state index in [1.807, 2.05) is 0 Å². The van der Waals surface area contributed by atoms with Crippen molar-refractivity contribution in [2.45, 2.75) is 25.3 Å². The van der Waals surface area contributed by atoms with E-state index in [2.05, 4.69) is 5.32 Å². The van der Waals surface area contributed by atoms with Crippen molar-refractivity contribution in [1.29, 1.82) is 0 Å². The van der Waals surface area contributed by atoms with Gasteiger partial charge in [0.05, 0.1) is 0 Å². The van der Waals surface area contributed by atoms with Crippen LogP contribution >= 0.6 is 0 Å². The van der Waals surface area contributed by atoms with E-state index in [0.29, 0.717) is 19.4 Å². The number of carboxylic acids is 2. The molecule has 0 amide bonds. The van der Waals surface area contributed by atoms with Crippen LogP contribution in [0.4, 0.5) is 0 Å². The zero-order chi connectivity index (χ0) is 9.84. The maximum atomic E-state index is 10.5. The molecular weight excluding hydrogens is 174 g/mol. The largest absolute Gasteiger partial charge is 0.481 e. The van der Waals surface area contributed by atoms with Gasteiger partial charge in [-0.2, -0.15) is 0 Å². The average Bonchev–Trinajstić information content (AvgIpc) is 2.48. The lowest BCUT2D eigenvalue weighted by molar-refractivity contribution is -0.139. The zero-order valence-electron chi connectivity index (χ0n) is 7.19. The second-order valence-corrected chi connectivity index (χ2v) is 3.33. The van der Waals surface area contributed by atoms with E-state index in [0.717, 1.165) is 0 Å². The third kappa shape index (κ3) is 3.02. The predicted molar refractivity (Wildman–Crippen MR) is 44.4 cm³/mol. The van der Waals surface area contributed by atoms with Crippen molar-refractivity contribution in [3.8, 4) is 0 Å². The molecule has 0 spiro atoms. The van der Waals surface area contributed by atoms with Crippen LogP contribution in [0.25, 0.3) is 0 Å². The summed E-state index contributed by atoms with van der Waals surface area (Å²) in [6.07, 6.45) is 1.23. The van der Waals surface area contributed by atoms with Gasteiger partial charge < -0.3 is 15.5 Å². The molecule has 13 heavy (non-hydrogen) atoms. The lowest BCUT2D eigenvalue weighted by Crippen LogP contribution is -2.29. The number of aliphatic carboxylic acids is 2. The van der Waals surface area contributed by atoms with E-state index in [1.165, 1.54) is 0 Å². The van der Waals surface area contributed by atoms with Crippen LogP contribution in [0.1, 0.15) is 19.3 Å². The highest BCUT2D eigenvalue weighted by atomic mass is 16.4. The van der Waals surface area contributed by atoms with Gasteiger partial charge in [0.1, 0.15) is 6.04 Å². The molecule has 1 aliphatic rings. The van der Waals surface area contributed by atoms with Crippen molar-refractivity contribution < 1.29 is 19.8 Å². The molecule has 0 aromatic rings. The van der Waals surface area contributed by atoms with Gasteiger partial charge in [0.2, 0.25) is 0 Å². The second-order valence-electron chi connectivity index (χ2n) is 3.33. The van der Waals surface area contributed by atoms with Crippen LogP contribution in [-0.4, -0.2) is 34.7 Å². The summed E-state index contributed by atoms with van der Waals surface area (Å²) in [6, 6.07) is -0.487. The highest BCUT2D eigenvalue weighted by Gasteiger charge is 2.28. The van der Waals surface area contributed by atoms with Crippen LogP contribution in [0, 0.1) is 5.92 Å². The minimum atomic E-state index is -0.849. The maximum absolute atomic E-state index is 10.5. The van der Waals surface area contributed by atoms with Crippen molar-refractivity contribution in [2.75, 3.05) is 6.54 Å². The van der Waals surface area contributed by atoms with Crippen LogP contribution in [0.2, 0.25) is 0 Å². The van der Waals surface area contributed by atoms with E-state index in [-0.39, 0.29) is 12.3 Å². The Morgan fingerprint density at radius 3 is 2.54 bits per heavy atom. The van der Waals surface area contributed by atoms with Crippen LogP contribution in [0.3, 0.4) is 0 Å². The number of hydrogen-bond acceptors (Lipinski definition) is 3. The first-order valence-corrected chi connectivity index (χ1v) is 4.27. The van der Waals surface area contributed by atoms with Crippen molar-refractivity contribution in [3.63, 3.8) is 0 Å². The van der Waals surface area contributed by atoms with E-state index in [1.54, 1.807) is 0 Å². The van der Waals surface area contributed by atoms with Crippen LogP contribution in [0.15, 0.2) is 0 Å². The molecule has 0 unspecified atom stereocenters. The molecule has 0 bridgehead atoms. The zero-order valence-corrected chi connectivity index (χ0v) is 7.19. The number of carbonyl (C=O) groups is 2. The Labute approximate surface area is 75.7 Å². The summed E-state index contributed by atoms with van der Waals surface area (Å²) >= 11 is 0. The van der Waals surface area contributed by atoms with Gasteiger partial charge in [-0.15, -0.1) is 0 Å². The molecule has 1 aliphatic heterocycles. The number of hydrogen-bond donors (Lipinski definition) is 3. The SMILES string of the molecule is O=C(O)CC[C@H]1CN[C@@H](C(=O)O)C1. The minimum absolute atomic E-state index is 0.124. The lowest BCUT2D eigenvalue weighted by atomic mass is 10.00. The molecule has 0 aromatic heterocycles. The first kappa shape index (κ1) is 9.98. The molecule has 3 N–H and O–H groups in total. The Hall–Kier alpha value is -1.10. The highest BCUT2D eigenvalue weighted by molar-refractivity contribution is 5.73. The van der Waals surface area contributed by atoms with Gasteiger partial charge >= 0.3 is 11.9 Å².